The van der Waals surface area contributed by atoms with Crippen molar-refractivity contribution in [2.24, 2.45) is 0 Å². The number of thiol groups is 1. The molecule has 1 nitrogen and oxygen atoms in total. The number of rotatable bonds is 1. The molecule has 0 aliphatic heterocycles. The maximum atomic E-state index is 8.13. The molecule has 0 saturated heterocycles. The Kier molecular flexibility index (Phi) is 58.0. The number of hydrogen-bond acceptors (Lipinski definition) is 2. The van der Waals surface area contributed by atoms with Crippen LogP contribution in [0.3, 0.4) is 0 Å². The van der Waals surface area contributed by atoms with Crippen LogP contribution in [0.25, 0.3) is 0 Å². The molecular formula is C7H11OSW2Y-3. The monoisotopic (exact) mass is 600 g/mol. The average Bonchev–Trinajstić information content (AvgIpc) is 1.91. The Hall–Kier alpha value is 2.27. The van der Waals surface area contributed by atoms with E-state index < -0.39 is 0 Å². The minimum atomic E-state index is 0. The van der Waals surface area contributed by atoms with Crippen LogP contribution in [0.15, 0.2) is 6.08 Å². The van der Waals surface area contributed by atoms with E-state index in [1.165, 1.54) is 25.4 Å². The van der Waals surface area contributed by atoms with Crippen LogP contribution in [0.4, 0.5) is 0 Å². The van der Waals surface area contributed by atoms with Crippen LogP contribution in [0, 0.1) is 13.5 Å². The number of hydrogen-bond donors (Lipinski definition) is 2. The molecule has 1 radical (unpaired) electrons. The maximum Gasteiger partial charge on any atom is 0 e. The molecule has 0 fully saturated rings. The summed E-state index contributed by atoms with van der Waals surface area (Å²) in [5.41, 5.74) is 0. The minimum absolute atomic E-state index is 0. The Bertz CT molecular complexity index is 110. The molecule has 0 bridgehead atoms. The van der Waals surface area contributed by atoms with E-state index in [0.717, 1.165) is 25.8 Å². The Balaban J connectivity index is -0.0000000406. The molecule has 0 aromatic heterocycles. The van der Waals surface area contributed by atoms with Gasteiger partial charge in [0.05, 0.1) is 0 Å². The summed E-state index contributed by atoms with van der Waals surface area (Å²) in [5, 5.41) is 8.13. The van der Waals surface area contributed by atoms with Gasteiger partial charge in [-0.2, -0.15) is 6.42 Å². The Morgan fingerprint density at radius 1 is 1.83 bits per heavy atom. The smallest absolute Gasteiger partial charge is 0 e. The molecule has 0 atom stereocenters. The van der Waals surface area contributed by atoms with Gasteiger partial charge >= 0.3 is 76.9 Å². The standard InChI is InChI=1S/C3H3O.C3H7.CHS.2W.Y/c1-2-3-4;1-3-2;1-2;;;/h1-2,4H;1,3H2,2H3;2H;;;/q3*-1;;;. The first kappa shape index (κ1) is 23.8. The Labute approximate surface area is 128 Å². The molecule has 5 heteroatoms. The zero-order chi connectivity index (χ0) is 9.70. The van der Waals surface area contributed by atoms with Crippen molar-refractivity contribution in [1.29, 1.82) is 0 Å². The van der Waals surface area contributed by atoms with Crippen LogP contribution in [-0.4, -0.2) is 12.9 Å². The topological polar surface area (TPSA) is 20.2 Å². The van der Waals surface area contributed by atoms with Crippen LogP contribution < -0.4 is 0 Å². The first-order valence-corrected chi connectivity index (χ1v) is 6.07. The van der Waals surface area contributed by atoms with Gasteiger partial charge in [-0.25, -0.2) is 0 Å². The summed E-state index contributed by atoms with van der Waals surface area (Å²) in [5.74, 6) is 0. The van der Waals surface area contributed by atoms with Crippen LogP contribution in [0.5, 0.6) is 0 Å². The number of aliphatic hydroxyl groups is 1. The van der Waals surface area contributed by atoms with Crippen molar-refractivity contribution in [3.05, 3.63) is 19.6 Å². The molecule has 0 aliphatic rings. The third kappa shape index (κ3) is 85.5. The van der Waals surface area contributed by atoms with Gasteiger partial charge in [0.1, 0.15) is 0 Å². The quantitative estimate of drug-likeness (QED) is 0.345. The Morgan fingerprint density at radius 3 is 1.92 bits per heavy atom. The zero-order valence-electron chi connectivity index (χ0n) is 6.86. The van der Waals surface area contributed by atoms with E-state index in [9.17, 15) is 0 Å². The fourth-order valence-electron chi connectivity index (χ4n) is 0. The summed E-state index contributed by atoms with van der Waals surface area (Å²) in [7, 11) is 0. The van der Waals surface area contributed by atoms with Crippen LogP contribution in [0.2, 0.25) is 0 Å². The van der Waals surface area contributed by atoms with E-state index in [1.54, 1.807) is 0 Å². The van der Waals surface area contributed by atoms with Crippen molar-refractivity contribution in [3.8, 4) is 0 Å². The molecule has 69 valence electrons. The van der Waals surface area contributed by atoms with Crippen molar-refractivity contribution in [2.45, 2.75) is 13.3 Å². The van der Waals surface area contributed by atoms with Gasteiger partial charge in [0.25, 0.3) is 0 Å². The fraction of sp³-hybridized carbons (Fsp3) is 0.286. The normalized spacial score (nSPS) is 5.33. The van der Waals surface area contributed by atoms with Crippen molar-refractivity contribution in [3.63, 3.8) is 0 Å². The summed E-state index contributed by atoms with van der Waals surface area (Å²) in [6.07, 6.45) is 2.18. The van der Waals surface area contributed by atoms with E-state index in [-0.39, 0.29) is 36.8 Å². The molecule has 0 aromatic rings. The van der Waals surface area contributed by atoms with E-state index in [2.05, 4.69) is 23.3 Å². The van der Waals surface area contributed by atoms with E-state index >= 15 is 0 Å². The van der Waals surface area contributed by atoms with Gasteiger partial charge in [0.2, 0.25) is 0 Å². The molecule has 0 heterocycles. The van der Waals surface area contributed by atoms with Gasteiger partial charge < -0.3 is 6.92 Å². The first-order chi connectivity index (χ1) is 5.10. The molecule has 0 rings (SSSR count). The summed E-state index contributed by atoms with van der Waals surface area (Å²) in [6.45, 7) is 10.3. The summed E-state index contributed by atoms with van der Waals surface area (Å²) in [6, 6.07) is 0. The van der Waals surface area contributed by atoms with Crippen molar-refractivity contribution in [1.82, 2.24) is 0 Å². The van der Waals surface area contributed by atoms with Gasteiger partial charge in [-0.15, -0.1) is 0 Å². The molecule has 0 saturated carbocycles. The largest absolute Gasteiger partial charge is 0.344 e. The second-order valence-electron chi connectivity index (χ2n) is 1.10. The first-order valence-electron chi connectivity index (χ1n) is 2.68. The predicted octanol–water partition coefficient (Wildman–Crippen LogP) is 1.35. The van der Waals surface area contributed by atoms with E-state index in [4.69, 9.17) is 11.7 Å². The van der Waals surface area contributed by atoms with Crippen LogP contribution >= 0.6 is 12.6 Å². The minimum Gasteiger partial charge on any atom is -0.344 e. The van der Waals surface area contributed by atoms with Crippen molar-refractivity contribution >= 4 is 20.4 Å². The predicted molar refractivity (Wildman–Crippen MR) is 45.5 cm³/mol. The van der Waals surface area contributed by atoms with Gasteiger partial charge in [-0.1, -0.05) is 6.92 Å². The van der Waals surface area contributed by atoms with Gasteiger partial charge in [-0.05, 0) is 0 Å². The summed E-state index contributed by atoms with van der Waals surface area (Å²) in [4.78, 5) is 0. The van der Waals surface area contributed by atoms with Gasteiger partial charge in [0.15, 0.2) is 0 Å². The molecular weight excluding hydrogens is 589 g/mol. The SMILES string of the molecule is S[C-]=[W].[CH-]=C[C](O)=[W].[CH2-]CC.[Y]. The summed E-state index contributed by atoms with van der Waals surface area (Å²) < 4.78 is 2.77. The molecule has 0 aliphatic carbocycles. The second kappa shape index (κ2) is 29.2. The third-order valence-electron chi connectivity index (χ3n) is 0.143. The van der Waals surface area contributed by atoms with E-state index in [1.807, 2.05) is 6.92 Å². The molecule has 0 unspecified atom stereocenters. The molecule has 1 N–H and O–H groups in total. The molecule has 0 spiro atoms. The third-order valence-corrected chi connectivity index (χ3v) is 0.631. The van der Waals surface area contributed by atoms with Crippen LogP contribution in [-0.2, 0) is 71.4 Å². The van der Waals surface area contributed by atoms with Crippen LogP contribution in [0.1, 0.15) is 13.3 Å². The average molecular weight is 600 g/mol. The maximum absolute atomic E-state index is 8.13. The fourth-order valence-corrected chi connectivity index (χ4v) is 0. The van der Waals surface area contributed by atoms with Gasteiger partial charge in [0, 0.05) is 32.7 Å². The molecule has 0 amide bonds. The van der Waals surface area contributed by atoms with Crippen molar-refractivity contribution in [2.75, 3.05) is 0 Å². The van der Waals surface area contributed by atoms with E-state index in [0.29, 0.717) is 0 Å². The number of aliphatic hydroxyl groups excluding tert-OH is 1. The van der Waals surface area contributed by atoms with Crippen molar-refractivity contribution < 1.29 is 76.5 Å². The molecule has 0 aromatic carbocycles. The zero-order valence-corrected chi connectivity index (χ0v) is 16.5. The molecule has 12 heavy (non-hydrogen) atoms. The summed E-state index contributed by atoms with van der Waals surface area (Å²) >= 11 is 5.86. The van der Waals surface area contributed by atoms with Gasteiger partial charge in [-0.3, -0.25) is 0 Å². The second-order valence-corrected chi connectivity index (χ2v) is 4.75. The Morgan fingerprint density at radius 2 is 1.92 bits per heavy atom.